The zero-order valence-corrected chi connectivity index (χ0v) is 4.34. The van der Waals surface area contributed by atoms with E-state index in [1.165, 1.54) is 6.08 Å². The van der Waals surface area contributed by atoms with Crippen molar-refractivity contribution in [2.45, 2.75) is 20.0 Å². The van der Waals surface area contributed by atoms with Gasteiger partial charge in [0, 0.05) is 5.16 Å². The largest absolute Gasteiger partial charge is 0.383 e. The molecule has 0 atom stereocenters. The van der Waals surface area contributed by atoms with Crippen molar-refractivity contribution in [3.8, 4) is 0 Å². The van der Waals surface area contributed by atoms with Crippen molar-refractivity contribution in [3.05, 3.63) is 0 Å². The summed E-state index contributed by atoms with van der Waals surface area (Å²) in [6.45, 7) is 3.56. The maximum Gasteiger partial charge on any atom is 0.276 e. The van der Waals surface area contributed by atoms with E-state index in [1.54, 1.807) is 13.8 Å². The Balaban J connectivity index is 3.13. The van der Waals surface area contributed by atoms with Crippen molar-refractivity contribution >= 4 is 6.08 Å². The summed E-state index contributed by atoms with van der Waals surface area (Å²) in [6.07, 6.45) is 1.23. The van der Waals surface area contributed by atoms with Crippen LogP contribution in [0.4, 0.5) is 0 Å². The van der Waals surface area contributed by atoms with E-state index >= 15 is 0 Å². The summed E-state index contributed by atoms with van der Waals surface area (Å²) in [4.78, 5) is 13.7. The van der Waals surface area contributed by atoms with Crippen molar-refractivity contribution in [2.75, 3.05) is 0 Å². The first-order valence-corrected chi connectivity index (χ1v) is 2.00. The molecule has 7 heavy (non-hydrogen) atoms. The van der Waals surface area contributed by atoms with Crippen LogP contribution in [-0.4, -0.2) is 12.2 Å². The molecule has 3 nitrogen and oxygen atoms in total. The number of hydrogen-bond acceptors (Lipinski definition) is 3. The van der Waals surface area contributed by atoms with Crippen LogP contribution in [0.3, 0.4) is 0 Å². The fraction of sp³-hybridized carbons (Fsp3) is 0.750. The van der Waals surface area contributed by atoms with E-state index in [0.717, 1.165) is 0 Å². The Morgan fingerprint density at radius 2 is 2.29 bits per heavy atom. The third-order valence-electron chi connectivity index (χ3n) is 0.301. The van der Waals surface area contributed by atoms with E-state index in [2.05, 4.69) is 9.99 Å². The molecule has 40 valence electrons. The summed E-state index contributed by atoms with van der Waals surface area (Å²) in [5.74, 6) is 0. The molecule has 0 saturated carbocycles. The maximum absolute atomic E-state index is 9.29. The first kappa shape index (κ1) is 6.18. The minimum absolute atomic E-state index is 0.0264. The Kier molecular flexibility index (Phi) is 2.98. The lowest BCUT2D eigenvalue weighted by Gasteiger charge is -1.95. The van der Waals surface area contributed by atoms with Crippen LogP contribution in [0.15, 0.2) is 5.16 Å². The van der Waals surface area contributed by atoms with Gasteiger partial charge in [0.25, 0.3) is 6.08 Å². The Hall–Kier alpha value is -0.820. The monoisotopic (exact) mass is 101 g/mol. The van der Waals surface area contributed by atoms with Crippen LogP contribution < -0.4 is 0 Å². The van der Waals surface area contributed by atoms with Crippen LogP contribution in [0.25, 0.3) is 0 Å². The summed E-state index contributed by atoms with van der Waals surface area (Å²) < 4.78 is 0. The smallest absolute Gasteiger partial charge is 0.276 e. The molecule has 0 rings (SSSR count). The molecule has 0 bridgehead atoms. The van der Waals surface area contributed by atoms with Gasteiger partial charge in [-0.1, -0.05) is 0 Å². The van der Waals surface area contributed by atoms with E-state index in [0.29, 0.717) is 0 Å². The average molecular weight is 101 g/mol. The third-order valence-corrected chi connectivity index (χ3v) is 0.301. The molecule has 0 aromatic carbocycles. The van der Waals surface area contributed by atoms with Crippen LogP contribution in [0.5, 0.6) is 0 Å². The van der Waals surface area contributed by atoms with Gasteiger partial charge in [0.2, 0.25) is 0 Å². The van der Waals surface area contributed by atoms with Gasteiger partial charge < -0.3 is 4.84 Å². The fourth-order valence-corrected chi connectivity index (χ4v) is 0.127. The summed E-state index contributed by atoms with van der Waals surface area (Å²) in [5, 5.41) is 2.87. The third kappa shape index (κ3) is 5.18. The number of nitrogens with zero attached hydrogens (tertiary/aromatic N) is 1. The molecule has 0 aliphatic carbocycles. The zero-order valence-electron chi connectivity index (χ0n) is 4.34. The number of hydrogen-bond donors (Lipinski definition) is 0. The van der Waals surface area contributed by atoms with Crippen LogP contribution in [0, 0.1) is 0 Å². The highest BCUT2D eigenvalue weighted by molar-refractivity contribution is 5.31. The van der Waals surface area contributed by atoms with Crippen LogP contribution in [0.1, 0.15) is 13.8 Å². The van der Waals surface area contributed by atoms with E-state index in [9.17, 15) is 4.79 Å². The molecule has 0 spiro atoms. The van der Waals surface area contributed by atoms with Gasteiger partial charge in [-0.3, -0.25) is 0 Å². The van der Waals surface area contributed by atoms with Gasteiger partial charge in [0.05, 0.1) is 0 Å². The highest BCUT2D eigenvalue weighted by Crippen LogP contribution is 1.83. The lowest BCUT2D eigenvalue weighted by Crippen LogP contribution is -1.94. The van der Waals surface area contributed by atoms with Crippen LogP contribution in [-0.2, 0) is 9.63 Å². The van der Waals surface area contributed by atoms with Crippen molar-refractivity contribution < 1.29 is 9.63 Å². The van der Waals surface area contributed by atoms with Crippen molar-refractivity contribution in [3.63, 3.8) is 0 Å². The van der Waals surface area contributed by atoms with Gasteiger partial charge >= 0.3 is 0 Å². The quantitative estimate of drug-likeness (QED) is 0.291. The fourth-order valence-electron chi connectivity index (χ4n) is 0.127. The normalized spacial score (nSPS) is 7.86. The molecule has 0 aliphatic rings. The molecule has 0 aromatic heterocycles. The second-order valence-corrected chi connectivity index (χ2v) is 1.34. The predicted molar refractivity (Wildman–Crippen MR) is 24.3 cm³/mol. The Labute approximate surface area is 42.0 Å². The minimum Gasteiger partial charge on any atom is -0.383 e. The average Bonchev–Trinajstić information content (AvgIpc) is 1.61. The van der Waals surface area contributed by atoms with Crippen LogP contribution in [0.2, 0.25) is 0 Å². The van der Waals surface area contributed by atoms with Gasteiger partial charge in [-0.05, 0) is 13.8 Å². The van der Waals surface area contributed by atoms with Crippen molar-refractivity contribution in [2.24, 2.45) is 5.16 Å². The molecule has 0 amide bonds. The van der Waals surface area contributed by atoms with Crippen molar-refractivity contribution in [1.82, 2.24) is 0 Å². The Morgan fingerprint density at radius 3 is 2.43 bits per heavy atom. The molecule has 0 saturated heterocycles. The molecular formula is C4H7NO2. The first-order valence-electron chi connectivity index (χ1n) is 2.00. The van der Waals surface area contributed by atoms with Gasteiger partial charge in [-0.15, -0.1) is 0 Å². The number of isocyanates is 1. The SMILES string of the molecule is CC(C)ON=C=O. The number of carbonyl (C=O) groups excluding carboxylic acids is 1. The summed E-state index contributed by atoms with van der Waals surface area (Å²) >= 11 is 0. The van der Waals surface area contributed by atoms with E-state index < -0.39 is 0 Å². The predicted octanol–water partition coefficient (Wildman–Crippen LogP) is 0.662. The molecule has 0 radical (unpaired) electrons. The van der Waals surface area contributed by atoms with E-state index in [-0.39, 0.29) is 6.10 Å². The summed E-state index contributed by atoms with van der Waals surface area (Å²) in [5.41, 5.74) is 0. The molecular weight excluding hydrogens is 94.0 g/mol. The Bertz CT molecular complexity index is 83.7. The lowest BCUT2D eigenvalue weighted by atomic mass is 10.5. The van der Waals surface area contributed by atoms with Gasteiger partial charge in [0.15, 0.2) is 0 Å². The highest BCUT2D eigenvalue weighted by atomic mass is 16.6. The summed E-state index contributed by atoms with van der Waals surface area (Å²) in [6, 6.07) is 0. The molecule has 0 unspecified atom stereocenters. The second kappa shape index (κ2) is 3.37. The van der Waals surface area contributed by atoms with Gasteiger partial charge in [-0.25, -0.2) is 4.79 Å². The zero-order chi connectivity index (χ0) is 5.70. The number of rotatable bonds is 2. The van der Waals surface area contributed by atoms with Gasteiger partial charge in [-0.2, -0.15) is 0 Å². The highest BCUT2D eigenvalue weighted by Gasteiger charge is 1.84. The minimum atomic E-state index is -0.0264. The second-order valence-electron chi connectivity index (χ2n) is 1.34. The standard InChI is InChI=1S/C4H7NO2/c1-4(2)7-5-3-6/h4H,1-2H3. The Morgan fingerprint density at radius 1 is 1.71 bits per heavy atom. The van der Waals surface area contributed by atoms with E-state index in [4.69, 9.17) is 0 Å². The van der Waals surface area contributed by atoms with Crippen LogP contribution >= 0.6 is 0 Å². The van der Waals surface area contributed by atoms with Crippen molar-refractivity contribution in [1.29, 1.82) is 0 Å². The molecule has 0 heterocycles. The molecule has 0 fully saturated rings. The summed E-state index contributed by atoms with van der Waals surface area (Å²) in [7, 11) is 0. The topological polar surface area (TPSA) is 38.7 Å². The molecule has 3 heteroatoms. The molecule has 0 N–H and O–H groups in total. The molecule has 0 aliphatic heterocycles. The van der Waals surface area contributed by atoms with E-state index in [1.807, 2.05) is 0 Å². The maximum atomic E-state index is 9.29. The lowest BCUT2D eigenvalue weighted by molar-refractivity contribution is 0.0857. The first-order chi connectivity index (χ1) is 3.27. The van der Waals surface area contributed by atoms with Gasteiger partial charge in [0.1, 0.15) is 6.10 Å². The molecule has 0 aromatic rings.